The molecule has 4 N–H and O–H groups in total. The Labute approximate surface area is 114 Å². The molecular formula is C15H23N3O. The first-order valence-corrected chi connectivity index (χ1v) is 6.88. The molecule has 0 aromatic heterocycles. The summed E-state index contributed by atoms with van der Waals surface area (Å²) >= 11 is 0. The second kappa shape index (κ2) is 5.61. The predicted octanol–water partition coefficient (Wildman–Crippen LogP) is 2.67. The van der Waals surface area contributed by atoms with Crippen LogP contribution in [0.5, 0.6) is 0 Å². The average Bonchev–Trinajstić information content (AvgIpc) is 2.37. The van der Waals surface area contributed by atoms with Gasteiger partial charge in [-0.1, -0.05) is 32.4 Å². The Morgan fingerprint density at radius 1 is 1.37 bits per heavy atom. The third kappa shape index (κ3) is 3.47. The Balaban J connectivity index is 2.05. The molecule has 4 heteroatoms. The minimum atomic E-state index is -0.0451. The Hall–Kier alpha value is -1.55. The summed E-state index contributed by atoms with van der Waals surface area (Å²) in [6.07, 6.45) is 4.51. The lowest BCUT2D eigenvalue weighted by molar-refractivity contribution is 0.0903. The standard InChI is InChI=1S/C15H23N3O/c1-15(2)9-5-6-11(10-15)17-14(19)12-7-3-4-8-13(12)18-16/h3-4,7-8,11,18H,5-6,9-10,16H2,1-2H3,(H,17,19). The highest BCUT2D eigenvalue weighted by atomic mass is 16.1. The molecule has 2 rings (SSSR count). The molecule has 1 aromatic carbocycles. The molecule has 0 aliphatic heterocycles. The fraction of sp³-hybridized carbons (Fsp3) is 0.533. The first-order chi connectivity index (χ1) is 9.02. The van der Waals surface area contributed by atoms with Crippen molar-refractivity contribution in [2.45, 2.75) is 45.6 Å². The van der Waals surface area contributed by atoms with Crippen molar-refractivity contribution in [2.24, 2.45) is 11.3 Å². The zero-order valence-corrected chi connectivity index (χ0v) is 11.7. The minimum Gasteiger partial charge on any atom is -0.349 e. The molecular weight excluding hydrogens is 238 g/mol. The summed E-state index contributed by atoms with van der Waals surface area (Å²) in [6, 6.07) is 7.57. The van der Waals surface area contributed by atoms with E-state index in [9.17, 15) is 4.79 Å². The topological polar surface area (TPSA) is 67.2 Å². The van der Waals surface area contributed by atoms with E-state index in [0.717, 1.165) is 12.8 Å². The van der Waals surface area contributed by atoms with Gasteiger partial charge in [0.05, 0.1) is 11.3 Å². The SMILES string of the molecule is CC1(C)CCCC(NC(=O)c2ccccc2NN)C1. The summed E-state index contributed by atoms with van der Waals surface area (Å²) < 4.78 is 0. The lowest BCUT2D eigenvalue weighted by atomic mass is 9.75. The van der Waals surface area contributed by atoms with Crippen LogP contribution >= 0.6 is 0 Å². The number of hydrogen-bond acceptors (Lipinski definition) is 3. The molecule has 0 radical (unpaired) electrons. The molecule has 0 bridgehead atoms. The molecule has 1 amide bonds. The molecule has 1 atom stereocenters. The first-order valence-electron chi connectivity index (χ1n) is 6.88. The van der Waals surface area contributed by atoms with Crippen molar-refractivity contribution in [2.75, 3.05) is 5.43 Å². The Morgan fingerprint density at radius 3 is 2.79 bits per heavy atom. The number of amides is 1. The van der Waals surface area contributed by atoms with E-state index in [-0.39, 0.29) is 11.9 Å². The van der Waals surface area contributed by atoms with Crippen LogP contribution in [0.2, 0.25) is 0 Å². The third-order valence-electron chi connectivity index (χ3n) is 3.87. The van der Waals surface area contributed by atoms with E-state index < -0.39 is 0 Å². The molecule has 19 heavy (non-hydrogen) atoms. The van der Waals surface area contributed by atoms with Gasteiger partial charge in [-0.2, -0.15) is 0 Å². The number of benzene rings is 1. The normalized spacial score (nSPS) is 21.7. The summed E-state index contributed by atoms with van der Waals surface area (Å²) in [5, 5.41) is 3.13. The lowest BCUT2D eigenvalue weighted by Gasteiger charge is -2.35. The predicted molar refractivity (Wildman–Crippen MR) is 77.8 cm³/mol. The van der Waals surface area contributed by atoms with Gasteiger partial charge in [0.1, 0.15) is 0 Å². The Bertz CT molecular complexity index is 456. The van der Waals surface area contributed by atoms with Crippen LogP contribution < -0.4 is 16.6 Å². The molecule has 1 aliphatic carbocycles. The zero-order valence-electron chi connectivity index (χ0n) is 11.7. The van der Waals surface area contributed by atoms with Crippen molar-refractivity contribution in [1.82, 2.24) is 5.32 Å². The number of nitrogens with two attached hydrogens (primary N) is 1. The van der Waals surface area contributed by atoms with E-state index in [1.54, 1.807) is 12.1 Å². The quantitative estimate of drug-likeness (QED) is 0.579. The van der Waals surface area contributed by atoms with E-state index >= 15 is 0 Å². The summed E-state index contributed by atoms with van der Waals surface area (Å²) in [5.74, 6) is 5.39. The van der Waals surface area contributed by atoms with Gasteiger partial charge in [-0.15, -0.1) is 0 Å². The van der Waals surface area contributed by atoms with Crippen molar-refractivity contribution in [3.8, 4) is 0 Å². The van der Waals surface area contributed by atoms with Gasteiger partial charge in [0.15, 0.2) is 0 Å². The highest BCUT2D eigenvalue weighted by molar-refractivity contribution is 5.99. The third-order valence-corrected chi connectivity index (χ3v) is 3.87. The summed E-state index contributed by atoms with van der Waals surface area (Å²) in [7, 11) is 0. The monoisotopic (exact) mass is 261 g/mol. The van der Waals surface area contributed by atoms with E-state index in [1.165, 1.54) is 12.8 Å². The van der Waals surface area contributed by atoms with Crippen molar-refractivity contribution in [1.29, 1.82) is 0 Å². The molecule has 1 fully saturated rings. The number of nitrogens with one attached hydrogen (secondary N) is 2. The van der Waals surface area contributed by atoms with Crippen LogP contribution in [-0.2, 0) is 0 Å². The molecule has 1 aliphatic rings. The van der Waals surface area contributed by atoms with E-state index in [4.69, 9.17) is 5.84 Å². The number of carbonyl (C=O) groups excluding carboxylic acids is 1. The summed E-state index contributed by atoms with van der Waals surface area (Å²) in [4.78, 5) is 12.3. The molecule has 0 spiro atoms. The second-order valence-electron chi connectivity index (χ2n) is 6.12. The maximum Gasteiger partial charge on any atom is 0.253 e. The van der Waals surface area contributed by atoms with Crippen LogP contribution in [-0.4, -0.2) is 11.9 Å². The van der Waals surface area contributed by atoms with E-state index in [2.05, 4.69) is 24.6 Å². The highest BCUT2D eigenvalue weighted by Crippen LogP contribution is 2.35. The maximum atomic E-state index is 12.3. The molecule has 4 nitrogen and oxygen atoms in total. The van der Waals surface area contributed by atoms with Crippen LogP contribution in [0.15, 0.2) is 24.3 Å². The van der Waals surface area contributed by atoms with Crippen molar-refractivity contribution in [3.63, 3.8) is 0 Å². The Kier molecular flexibility index (Phi) is 4.10. The van der Waals surface area contributed by atoms with Gasteiger partial charge in [0.2, 0.25) is 0 Å². The van der Waals surface area contributed by atoms with Gasteiger partial charge in [-0.3, -0.25) is 10.6 Å². The van der Waals surface area contributed by atoms with Crippen molar-refractivity contribution >= 4 is 11.6 Å². The number of rotatable bonds is 3. The highest BCUT2D eigenvalue weighted by Gasteiger charge is 2.29. The number of nitrogen functional groups attached to an aromatic ring is 1. The van der Waals surface area contributed by atoms with Gasteiger partial charge in [-0.25, -0.2) is 0 Å². The fourth-order valence-electron chi connectivity index (χ4n) is 2.89. The summed E-state index contributed by atoms with van der Waals surface area (Å²) in [5.41, 5.74) is 4.16. The number of hydrogen-bond donors (Lipinski definition) is 3. The van der Waals surface area contributed by atoms with Crippen molar-refractivity contribution < 1.29 is 4.79 Å². The van der Waals surface area contributed by atoms with Gasteiger partial charge in [0.25, 0.3) is 5.91 Å². The molecule has 104 valence electrons. The van der Waals surface area contributed by atoms with Gasteiger partial charge < -0.3 is 10.7 Å². The number of para-hydroxylation sites is 1. The molecule has 0 heterocycles. The molecule has 1 aromatic rings. The van der Waals surface area contributed by atoms with Gasteiger partial charge in [-0.05, 0) is 36.8 Å². The van der Waals surface area contributed by atoms with Crippen LogP contribution in [0.3, 0.4) is 0 Å². The molecule has 1 unspecified atom stereocenters. The van der Waals surface area contributed by atoms with E-state index in [1.807, 2.05) is 12.1 Å². The second-order valence-corrected chi connectivity index (χ2v) is 6.12. The van der Waals surface area contributed by atoms with Crippen LogP contribution in [0.4, 0.5) is 5.69 Å². The number of carbonyl (C=O) groups is 1. The lowest BCUT2D eigenvalue weighted by Crippen LogP contribution is -2.40. The average molecular weight is 261 g/mol. The summed E-state index contributed by atoms with van der Waals surface area (Å²) in [6.45, 7) is 4.53. The minimum absolute atomic E-state index is 0.0451. The number of anilines is 1. The van der Waals surface area contributed by atoms with Gasteiger partial charge in [0, 0.05) is 6.04 Å². The first kappa shape index (κ1) is 13.9. The maximum absolute atomic E-state index is 12.3. The largest absolute Gasteiger partial charge is 0.349 e. The zero-order chi connectivity index (χ0) is 13.9. The Morgan fingerprint density at radius 2 is 2.11 bits per heavy atom. The smallest absolute Gasteiger partial charge is 0.253 e. The van der Waals surface area contributed by atoms with Crippen LogP contribution in [0.1, 0.15) is 49.9 Å². The van der Waals surface area contributed by atoms with E-state index in [0.29, 0.717) is 16.7 Å². The van der Waals surface area contributed by atoms with Crippen LogP contribution in [0.25, 0.3) is 0 Å². The van der Waals surface area contributed by atoms with Crippen LogP contribution in [0, 0.1) is 5.41 Å². The molecule has 1 saturated carbocycles. The molecule has 0 saturated heterocycles. The number of hydrazine groups is 1. The van der Waals surface area contributed by atoms with Gasteiger partial charge >= 0.3 is 0 Å². The fourth-order valence-corrected chi connectivity index (χ4v) is 2.89. The van der Waals surface area contributed by atoms with Crippen molar-refractivity contribution in [3.05, 3.63) is 29.8 Å².